The van der Waals surface area contributed by atoms with Gasteiger partial charge in [-0.15, -0.1) is 0 Å². The summed E-state index contributed by atoms with van der Waals surface area (Å²) in [7, 11) is -4.44. The molecule has 0 aromatic carbocycles. The van der Waals surface area contributed by atoms with Crippen LogP contribution in [-0.4, -0.2) is 57.1 Å². The van der Waals surface area contributed by atoms with Crippen molar-refractivity contribution in [3.05, 3.63) is 27.4 Å². The van der Waals surface area contributed by atoms with E-state index < -0.39 is 55.9 Å². The van der Waals surface area contributed by atoms with Crippen LogP contribution in [-0.2, 0) is 27.9 Å². The van der Waals surface area contributed by atoms with Gasteiger partial charge in [0.1, 0.15) is 30.0 Å². The topological polar surface area (TPSA) is 141 Å². The Balaban J connectivity index is 1.55. The predicted octanol–water partition coefficient (Wildman–Crippen LogP) is 1.54. The van der Waals surface area contributed by atoms with Crippen LogP contribution >= 0.6 is 20.0 Å². The highest BCUT2D eigenvalue weighted by molar-refractivity contribution is 7.71. The summed E-state index contributed by atoms with van der Waals surface area (Å²) in [6.45, 7) is 0.0411. The molecule has 6 atom stereocenters. The number of carbonyl (C=O) groups is 1. The Morgan fingerprint density at radius 1 is 1.55 bits per heavy atom. The van der Waals surface area contributed by atoms with Crippen LogP contribution in [0.4, 0.5) is 0 Å². The Hall–Kier alpha value is -1.40. The third kappa shape index (κ3) is 4.56. The molecule has 31 heavy (non-hydrogen) atoms. The highest BCUT2D eigenvalue weighted by Crippen LogP contribution is 2.55. The number of aromatic nitrogens is 2. The van der Waals surface area contributed by atoms with E-state index in [-0.39, 0.29) is 10.9 Å². The van der Waals surface area contributed by atoms with E-state index in [4.69, 9.17) is 33.5 Å². The number of aliphatic hydroxyl groups is 1. The molecule has 3 aliphatic rings. The third-order valence-electron chi connectivity index (χ3n) is 5.56. The highest BCUT2D eigenvalue weighted by atomic mass is 32.1. The number of aromatic amines is 1. The summed E-state index contributed by atoms with van der Waals surface area (Å²) in [5.41, 5.74) is -2.41. The second-order valence-corrected chi connectivity index (χ2v) is 10.1. The van der Waals surface area contributed by atoms with E-state index >= 15 is 0 Å². The monoisotopic (exact) mass is 477 g/mol. The minimum atomic E-state index is -4.44. The Kier molecular flexibility index (Phi) is 5.55. The van der Waals surface area contributed by atoms with Gasteiger partial charge in [-0.1, -0.05) is 0 Å². The maximum absolute atomic E-state index is 13.3. The fraction of sp³-hybridized carbons (Fsp3) is 0.722. The average Bonchev–Trinajstić information content (AvgIpc) is 3.28. The second kappa shape index (κ2) is 8.51. The summed E-state index contributed by atoms with van der Waals surface area (Å²) < 4.78 is 52.8. The number of nitrogens with one attached hydrogen (secondary N) is 2. The van der Waals surface area contributed by atoms with Crippen molar-refractivity contribution in [1.29, 1.82) is 0 Å². The molecule has 3 heterocycles. The molecule has 0 spiro atoms. The molecule has 4 rings (SSSR count). The van der Waals surface area contributed by atoms with Gasteiger partial charge in [-0.25, -0.2) is 9.65 Å². The van der Waals surface area contributed by atoms with Gasteiger partial charge in [0.05, 0.1) is 9.30 Å². The lowest BCUT2D eigenvalue weighted by Crippen LogP contribution is -2.49. The first-order valence-corrected chi connectivity index (χ1v) is 11.9. The normalized spacial score (nSPS) is 39.4. The molecule has 1 saturated carbocycles. The van der Waals surface area contributed by atoms with Gasteiger partial charge in [0.15, 0.2) is 11.0 Å². The molecule has 13 heteroatoms. The van der Waals surface area contributed by atoms with Crippen LogP contribution in [0.1, 0.15) is 48.5 Å². The van der Waals surface area contributed by atoms with Crippen molar-refractivity contribution in [2.24, 2.45) is 0 Å². The number of H-pyrrole nitrogens is 1. The zero-order valence-electron chi connectivity index (χ0n) is 19.0. The smallest absolute Gasteiger partial charge is 0.406 e. The zero-order chi connectivity index (χ0) is 24.2. The maximum Gasteiger partial charge on any atom is 0.406 e. The van der Waals surface area contributed by atoms with Gasteiger partial charge in [-0.3, -0.25) is 28.2 Å². The summed E-state index contributed by atoms with van der Waals surface area (Å²) in [5, 5.41) is 13.6. The minimum Gasteiger partial charge on any atom is -0.461 e. The van der Waals surface area contributed by atoms with Gasteiger partial charge in [0.2, 0.25) is 0 Å². The molecule has 2 unspecified atom stereocenters. The number of esters is 1. The fourth-order valence-corrected chi connectivity index (χ4v) is 5.78. The highest BCUT2D eigenvalue weighted by Gasteiger charge is 2.59. The number of hydrogen-bond donors (Lipinski definition) is 3. The van der Waals surface area contributed by atoms with Crippen LogP contribution in [0.25, 0.3) is 0 Å². The summed E-state index contributed by atoms with van der Waals surface area (Å²) in [5.74, 6) is -0.668. The van der Waals surface area contributed by atoms with E-state index in [0.717, 1.165) is 31.7 Å². The van der Waals surface area contributed by atoms with Crippen LogP contribution in [0.5, 0.6) is 0 Å². The number of rotatable bonds is 5. The first-order chi connectivity index (χ1) is 15.3. The van der Waals surface area contributed by atoms with Crippen molar-refractivity contribution in [3.8, 4) is 0 Å². The lowest BCUT2D eigenvalue weighted by molar-refractivity contribution is -0.150. The van der Waals surface area contributed by atoms with Crippen LogP contribution < -0.4 is 10.6 Å². The average molecular weight is 477 g/mol. The predicted molar refractivity (Wildman–Crippen MR) is 110 cm³/mol. The van der Waals surface area contributed by atoms with E-state index in [1.807, 2.05) is 0 Å². The van der Waals surface area contributed by atoms with Gasteiger partial charge in [-0.05, 0) is 51.7 Å². The molecule has 1 aliphatic carbocycles. The summed E-state index contributed by atoms with van der Waals surface area (Å²) in [4.78, 5) is 26.3. The van der Waals surface area contributed by atoms with Gasteiger partial charge >= 0.3 is 13.7 Å². The van der Waals surface area contributed by atoms with Crippen molar-refractivity contribution in [2.45, 2.75) is 75.7 Å². The molecular weight excluding hydrogens is 449 g/mol. The molecule has 2 saturated heterocycles. The van der Waals surface area contributed by atoms with E-state index in [1.165, 1.54) is 24.6 Å². The van der Waals surface area contributed by atoms with Crippen molar-refractivity contribution in [1.82, 2.24) is 14.6 Å². The lowest BCUT2D eigenvalue weighted by Gasteiger charge is -2.36. The number of ether oxygens (including phenoxy) is 2. The van der Waals surface area contributed by atoms with Crippen LogP contribution in [0.15, 0.2) is 17.1 Å². The van der Waals surface area contributed by atoms with Crippen LogP contribution in [0.3, 0.4) is 0 Å². The van der Waals surface area contributed by atoms with E-state index in [0.29, 0.717) is 0 Å². The Morgan fingerprint density at radius 3 is 2.94 bits per heavy atom. The molecule has 0 radical (unpaired) electrons. The number of fused-ring (bicyclic) bond motifs is 1. The molecule has 0 bridgehead atoms. The van der Waals surface area contributed by atoms with Crippen LogP contribution in [0, 0.1) is 4.77 Å². The van der Waals surface area contributed by atoms with Crippen molar-refractivity contribution in [3.63, 3.8) is 0 Å². The third-order valence-corrected chi connectivity index (χ3v) is 7.43. The van der Waals surface area contributed by atoms with Crippen LogP contribution in [0.2, 0.25) is 0 Å². The fourth-order valence-electron chi connectivity index (χ4n) is 3.92. The van der Waals surface area contributed by atoms with Crippen molar-refractivity contribution in [2.75, 3.05) is 6.56 Å². The summed E-state index contributed by atoms with van der Waals surface area (Å²) in [6, 6.07) is 0.0347. The molecule has 172 valence electrons. The number of carbonyl (C=O) groups excluding carboxylic acids is 1. The number of nitrogens with zero attached hydrogens (tertiary/aromatic N) is 1. The molecule has 2 aliphatic heterocycles. The quantitative estimate of drug-likeness (QED) is 0.325. The molecule has 1 aromatic heterocycles. The maximum atomic E-state index is 13.3. The molecule has 3 N–H and O–H groups in total. The number of hydrogen-bond acceptors (Lipinski definition) is 9. The Bertz CT molecular complexity index is 1090. The standard InChI is InChI=1S/C18H26N3O8PS/c1-10(15(23)27-11-5-3-4-6-11)20-30(25)26-9-12-14(29-30)18(2,24)16(28-12)21-8-7-13(22)19-17(21)31/h7-8,10-12,14,16,24H,3-6,9H2,1-2H3,(H,20,25)(H,19,22,31)/t10-,12+,14-,16+,18?,30?/m0/s1/i9D2. The van der Waals surface area contributed by atoms with E-state index in [2.05, 4.69) is 10.1 Å². The first-order valence-electron chi connectivity index (χ1n) is 11.0. The van der Waals surface area contributed by atoms with E-state index in [9.17, 15) is 19.3 Å². The summed E-state index contributed by atoms with van der Waals surface area (Å²) in [6.07, 6.45) is 0.270. The zero-order valence-corrected chi connectivity index (χ0v) is 18.7. The van der Waals surface area contributed by atoms with Crippen molar-refractivity contribution >= 4 is 25.9 Å². The summed E-state index contributed by atoms with van der Waals surface area (Å²) >= 11 is 5.12. The molecule has 0 amide bonds. The second-order valence-electron chi connectivity index (χ2n) is 8.08. The van der Waals surface area contributed by atoms with Gasteiger partial charge < -0.3 is 14.6 Å². The lowest BCUT2D eigenvalue weighted by atomic mass is 9.96. The van der Waals surface area contributed by atoms with E-state index in [1.54, 1.807) is 0 Å². The molecule has 11 nitrogen and oxygen atoms in total. The largest absolute Gasteiger partial charge is 0.461 e. The van der Waals surface area contributed by atoms with Gasteiger partial charge in [0, 0.05) is 12.3 Å². The minimum absolute atomic E-state index is 0.0718. The Morgan fingerprint density at radius 2 is 2.26 bits per heavy atom. The molecule has 3 fully saturated rings. The molecule has 1 aromatic rings. The van der Waals surface area contributed by atoms with Crippen molar-refractivity contribution < 1.29 is 35.7 Å². The first kappa shape index (κ1) is 20.2. The molecular formula is C18H26N3O8PS. The van der Waals surface area contributed by atoms with Gasteiger partial charge in [0.25, 0.3) is 5.56 Å². The SMILES string of the molecule is [2H]C1([2H])OP(=O)(N[C@@H](C)C(=O)OC2CCCC2)O[C@H]2[C@@H]1O[C@@H](n1ccc(=O)[nH]c1=S)C2(C)O. The van der Waals surface area contributed by atoms with Gasteiger partial charge in [-0.2, -0.15) is 0 Å². The Labute approximate surface area is 186 Å².